The third kappa shape index (κ3) is 2.07. The average Bonchev–Trinajstić information content (AvgIpc) is 3.18. The first-order chi connectivity index (χ1) is 11.6. The molecule has 0 N–H and O–H groups in total. The van der Waals surface area contributed by atoms with Crippen molar-refractivity contribution < 1.29 is 4.74 Å². The second-order valence-corrected chi connectivity index (χ2v) is 6.33. The van der Waals surface area contributed by atoms with Crippen LogP contribution in [0.4, 0.5) is 0 Å². The average molecular weight is 342 g/mol. The molecule has 0 aliphatic carbocycles. The third-order valence-corrected chi connectivity index (χ3v) is 4.87. The van der Waals surface area contributed by atoms with Crippen molar-refractivity contribution >= 4 is 27.3 Å². The molecule has 8 heteroatoms. The first-order valence-electron chi connectivity index (χ1n) is 7.29. The van der Waals surface area contributed by atoms with Crippen molar-refractivity contribution in [3.63, 3.8) is 0 Å². The Labute approximate surface area is 140 Å². The first kappa shape index (κ1) is 14.7. The molecule has 0 aliphatic rings. The minimum absolute atomic E-state index is 0.145. The Morgan fingerprint density at radius 3 is 2.62 bits per heavy atom. The molecule has 7 nitrogen and oxygen atoms in total. The molecule has 0 radical (unpaired) electrons. The van der Waals surface area contributed by atoms with Crippen molar-refractivity contribution in [1.82, 2.24) is 18.7 Å². The fraction of sp³-hybridized carbons (Fsp3) is 0.188. The van der Waals surface area contributed by atoms with E-state index in [1.807, 2.05) is 29.6 Å². The Balaban J connectivity index is 1.98. The lowest BCUT2D eigenvalue weighted by molar-refractivity contribution is 0.414. The molecule has 0 saturated heterocycles. The number of methoxy groups -OCH3 is 1. The second-order valence-electron chi connectivity index (χ2n) is 5.42. The van der Waals surface area contributed by atoms with E-state index in [2.05, 4.69) is 5.10 Å². The summed E-state index contributed by atoms with van der Waals surface area (Å²) in [5, 5.41) is 6.05. The molecule has 4 rings (SSSR count). The lowest BCUT2D eigenvalue weighted by atomic mass is 10.2. The van der Waals surface area contributed by atoms with E-state index in [0.717, 1.165) is 11.3 Å². The summed E-state index contributed by atoms with van der Waals surface area (Å²) >= 11 is 1.33. The van der Waals surface area contributed by atoms with Crippen LogP contribution >= 0.6 is 11.3 Å². The fourth-order valence-electron chi connectivity index (χ4n) is 2.75. The van der Waals surface area contributed by atoms with Gasteiger partial charge in [0, 0.05) is 7.05 Å². The number of thiophene rings is 1. The number of aromatic nitrogens is 4. The number of fused-ring (bicyclic) bond motifs is 3. The topological polar surface area (TPSA) is 70.5 Å². The van der Waals surface area contributed by atoms with Crippen molar-refractivity contribution in [1.29, 1.82) is 0 Å². The van der Waals surface area contributed by atoms with Crippen LogP contribution in [0.25, 0.3) is 16.0 Å². The molecule has 0 unspecified atom stereocenters. The van der Waals surface area contributed by atoms with Crippen LogP contribution in [0, 0.1) is 0 Å². The van der Waals surface area contributed by atoms with Crippen LogP contribution in [0.1, 0.15) is 5.56 Å². The minimum atomic E-state index is -0.267. The number of rotatable bonds is 3. The maximum Gasteiger partial charge on any atom is 0.351 e. The van der Waals surface area contributed by atoms with Crippen LogP contribution in [0.15, 0.2) is 45.3 Å². The molecule has 24 heavy (non-hydrogen) atoms. The quantitative estimate of drug-likeness (QED) is 0.565. The summed E-state index contributed by atoms with van der Waals surface area (Å²) in [6, 6.07) is 9.23. The van der Waals surface area contributed by atoms with Crippen LogP contribution in [0.2, 0.25) is 0 Å². The minimum Gasteiger partial charge on any atom is -0.497 e. The van der Waals surface area contributed by atoms with E-state index < -0.39 is 0 Å². The highest BCUT2D eigenvalue weighted by Crippen LogP contribution is 2.18. The van der Waals surface area contributed by atoms with Gasteiger partial charge in [0.1, 0.15) is 10.4 Å². The molecule has 122 valence electrons. The van der Waals surface area contributed by atoms with Gasteiger partial charge in [-0.25, -0.2) is 13.9 Å². The lowest BCUT2D eigenvalue weighted by Crippen LogP contribution is -2.25. The maximum atomic E-state index is 12.8. The van der Waals surface area contributed by atoms with Gasteiger partial charge in [-0.1, -0.05) is 12.1 Å². The maximum absolute atomic E-state index is 12.8. The van der Waals surface area contributed by atoms with Crippen molar-refractivity contribution in [2.45, 2.75) is 6.54 Å². The second kappa shape index (κ2) is 5.34. The summed E-state index contributed by atoms with van der Waals surface area (Å²) in [5.41, 5.74) is 1.11. The van der Waals surface area contributed by atoms with Crippen molar-refractivity contribution in [3.8, 4) is 5.75 Å². The van der Waals surface area contributed by atoms with E-state index in [1.54, 1.807) is 20.2 Å². The predicted molar refractivity (Wildman–Crippen MR) is 92.2 cm³/mol. The van der Waals surface area contributed by atoms with Gasteiger partial charge in [-0.3, -0.25) is 9.36 Å². The van der Waals surface area contributed by atoms with Gasteiger partial charge in [-0.2, -0.15) is 0 Å². The summed E-state index contributed by atoms with van der Waals surface area (Å²) in [4.78, 5) is 25.2. The standard InChI is InChI=1S/C16H14N4O3S/c1-18-16(22)20-12-7-8-24-13(12)14(21)19(15(20)17-18)9-10-3-5-11(23-2)6-4-10/h3-8H,9H2,1-2H3. The van der Waals surface area contributed by atoms with Gasteiger partial charge in [-0.05, 0) is 29.1 Å². The Hall–Kier alpha value is -2.87. The molecule has 3 aromatic heterocycles. The van der Waals surface area contributed by atoms with E-state index >= 15 is 0 Å². The van der Waals surface area contributed by atoms with Crippen molar-refractivity contribution in [3.05, 3.63) is 62.1 Å². The van der Waals surface area contributed by atoms with E-state index in [4.69, 9.17) is 4.74 Å². The number of aryl methyl sites for hydroxylation is 1. The fourth-order valence-corrected chi connectivity index (χ4v) is 3.57. The zero-order valence-electron chi connectivity index (χ0n) is 13.1. The van der Waals surface area contributed by atoms with Gasteiger partial charge >= 0.3 is 5.69 Å². The normalized spacial score (nSPS) is 11.4. The van der Waals surface area contributed by atoms with Gasteiger partial charge in [-0.15, -0.1) is 16.4 Å². The van der Waals surface area contributed by atoms with Gasteiger partial charge < -0.3 is 4.74 Å². The summed E-state index contributed by atoms with van der Waals surface area (Å²) in [6.07, 6.45) is 0. The Bertz CT molecular complexity index is 1160. The molecule has 4 aromatic rings. The SMILES string of the molecule is COc1ccc(Cn2c(=O)c3sccc3n3c(=O)n(C)nc23)cc1. The number of ether oxygens (including phenoxy) is 1. The van der Waals surface area contributed by atoms with E-state index in [0.29, 0.717) is 22.5 Å². The van der Waals surface area contributed by atoms with Gasteiger partial charge in [0.2, 0.25) is 5.78 Å². The Morgan fingerprint density at radius 2 is 1.92 bits per heavy atom. The number of hydrogen-bond donors (Lipinski definition) is 0. The smallest absolute Gasteiger partial charge is 0.351 e. The van der Waals surface area contributed by atoms with Crippen LogP contribution in [-0.2, 0) is 13.6 Å². The highest BCUT2D eigenvalue weighted by molar-refractivity contribution is 7.17. The number of benzene rings is 1. The molecule has 0 amide bonds. The molecule has 0 atom stereocenters. The molecule has 3 heterocycles. The largest absolute Gasteiger partial charge is 0.497 e. The molecule has 0 saturated carbocycles. The van der Waals surface area contributed by atoms with Gasteiger partial charge in [0.25, 0.3) is 5.56 Å². The lowest BCUT2D eigenvalue weighted by Gasteiger charge is -2.08. The van der Waals surface area contributed by atoms with Crippen LogP contribution in [-0.4, -0.2) is 25.9 Å². The van der Waals surface area contributed by atoms with Crippen LogP contribution in [0.3, 0.4) is 0 Å². The monoisotopic (exact) mass is 342 g/mol. The van der Waals surface area contributed by atoms with Crippen molar-refractivity contribution in [2.75, 3.05) is 7.11 Å². The Morgan fingerprint density at radius 1 is 1.17 bits per heavy atom. The summed E-state index contributed by atoms with van der Waals surface area (Å²) in [5.74, 6) is 1.09. The molecule has 1 aromatic carbocycles. The Kier molecular flexibility index (Phi) is 3.27. The highest BCUT2D eigenvalue weighted by atomic mass is 32.1. The van der Waals surface area contributed by atoms with Crippen LogP contribution < -0.4 is 16.0 Å². The van der Waals surface area contributed by atoms with Gasteiger partial charge in [0.15, 0.2) is 0 Å². The van der Waals surface area contributed by atoms with E-state index in [-0.39, 0.29) is 11.2 Å². The third-order valence-electron chi connectivity index (χ3n) is 3.97. The molecule has 0 fully saturated rings. The predicted octanol–water partition coefficient (Wildman–Crippen LogP) is 1.47. The summed E-state index contributed by atoms with van der Waals surface area (Å²) < 4.78 is 9.96. The summed E-state index contributed by atoms with van der Waals surface area (Å²) in [6.45, 7) is 0.330. The molecular formula is C16H14N4O3S. The van der Waals surface area contributed by atoms with Gasteiger partial charge in [0.05, 0.1) is 19.2 Å². The molecule has 0 bridgehead atoms. The van der Waals surface area contributed by atoms with Crippen molar-refractivity contribution in [2.24, 2.45) is 7.05 Å². The molecule has 0 aliphatic heterocycles. The molecular weight excluding hydrogens is 328 g/mol. The van der Waals surface area contributed by atoms with E-state index in [1.165, 1.54) is 25.0 Å². The highest BCUT2D eigenvalue weighted by Gasteiger charge is 2.17. The van der Waals surface area contributed by atoms with E-state index in [9.17, 15) is 9.59 Å². The number of nitrogens with zero attached hydrogens (tertiary/aromatic N) is 4. The molecule has 0 spiro atoms. The zero-order chi connectivity index (χ0) is 16.8. The first-order valence-corrected chi connectivity index (χ1v) is 8.17. The van der Waals surface area contributed by atoms with Crippen LogP contribution in [0.5, 0.6) is 5.75 Å². The summed E-state index contributed by atoms with van der Waals surface area (Å²) in [7, 11) is 3.18. The number of hydrogen-bond acceptors (Lipinski definition) is 5. The zero-order valence-corrected chi connectivity index (χ0v) is 13.9.